The largest absolute Gasteiger partial charge is 0.493 e. The quantitative estimate of drug-likeness (QED) is 0.660. The SMILES string of the molecule is CCCOc1c(Br)cc(CNCCCOC)cc1OC. The van der Waals surface area contributed by atoms with Crippen LogP contribution in [0.1, 0.15) is 25.3 Å². The number of halogens is 1. The van der Waals surface area contributed by atoms with Crippen LogP contribution in [0.4, 0.5) is 0 Å². The summed E-state index contributed by atoms with van der Waals surface area (Å²) in [6.07, 6.45) is 1.98. The van der Waals surface area contributed by atoms with Gasteiger partial charge in [0.05, 0.1) is 18.2 Å². The van der Waals surface area contributed by atoms with Crippen LogP contribution in [-0.4, -0.2) is 34.0 Å². The Morgan fingerprint density at radius 1 is 1.20 bits per heavy atom. The predicted molar refractivity (Wildman–Crippen MR) is 84.7 cm³/mol. The molecular weight excluding hydrogens is 322 g/mol. The van der Waals surface area contributed by atoms with Gasteiger partial charge in [0.1, 0.15) is 0 Å². The molecule has 0 heterocycles. The molecule has 0 saturated carbocycles. The van der Waals surface area contributed by atoms with Gasteiger partial charge in [-0.15, -0.1) is 0 Å². The minimum Gasteiger partial charge on any atom is -0.493 e. The molecule has 1 N–H and O–H groups in total. The first-order chi connectivity index (χ1) is 9.72. The van der Waals surface area contributed by atoms with E-state index in [1.807, 2.05) is 6.07 Å². The summed E-state index contributed by atoms with van der Waals surface area (Å²) in [5.74, 6) is 1.54. The second kappa shape index (κ2) is 10.0. The molecular formula is C15H24BrNO3. The number of benzene rings is 1. The topological polar surface area (TPSA) is 39.7 Å². The molecule has 4 nitrogen and oxygen atoms in total. The Morgan fingerprint density at radius 2 is 2.00 bits per heavy atom. The molecule has 0 unspecified atom stereocenters. The minimum absolute atomic E-state index is 0.684. The van der Waals surface area contributed by atoms with Gasteiger partial charge in [-0.05, 0) is 53.0 Å². The highest BCUT2D eigenvalue weighted by Crippen LogP contribution is 2.36. The van der Waals surface area contributed by atoms with Crippen LogP contribution in [0, 0.1) is 0 Å². The van der Waals surface area contributed by atoms with E-state index in [0.29, 0.717) is 6.61 Å². The normalized spacial score (nSPS) is 10.6. The van der Waals surface area contributed by atoms with Crippen LogP contribution in [0.5, 0.6) is 11.5 Å². The van der Waals surface area contributed by atoms with Crippen molar-refractivity contribution in [1.29, 1.82) is 0 Å². The van der Waals surface area contributed by atoms with Crippen molar-refractivity contribution in [3.05, 3.63) is 22.2 Å². The molecule has 0 aromatic heterocycles. The Kier molecular flexibility index (Phi) is 8.65. The lowest BCUT2D eigenvalue weighted by Crippen LogP contribution is -2.16. The molecule has 0 aliphatic heterocycles. The number of hydrogen-bond acceptors (Lipinski definition) is 4. The van der Waals surface area contributed by atoms with Gasteiger partial charge < -0.3 is 19.5 Å². The molecule has 0 spiro atoms. The van der Waals surface area contributed by atoms with Gasteiger partial charge in [-0.2, -0.15) is 0 Å². The van der Waals surface area contributed by atoms with Crippen molar-refractivity contribution >= 4 is 15.9 Å². The summed E-state index contributed by atoms with van der Waals surface area (Å²) in [4.78, 5) is 0. The second-order valence-corrected chi connectivity index (χ2v) is 5.33. The van der Waals surface area contributed by atoms with Crippen LogP contribution in [0.2, 0.25) is 0 Å². The molecule has 1 rings (SSSR count). The number of methoxy groups -OCH3 is 2. The van der Waals surface area contributed by atoms with E-state index in [2.05, 4.69) is 34.2 Å². The summed E-state index contributed by atoms with van der Waals surface area (Å²) in [6, 6.07) is 4.08. The van der Waals surface area contributed by atoms with Crippen molar-refractivity contribution < 1.29 is 14.2 Å². The van der Waals surface area contributed by atoms with E-state index in [0.717, 1.165) is 54.1 Å². The van der Waals surface area contributed by atoms with Crippen LogP contribution in [0.3, 0.4) is 0 Å². The fourth-order valence-corrected chi connectivity index (χ4v) is 2.40. The van der Waals surface area contributed by atoms with Crippen molar-refractivity contribution in [2.45, 2.75) is 26.3 Å². The molecule has 114 valence electrons. The lowest BCUT2D eigenvalue weighted by Gasteiger charge is -2.14. The molecule has 0 amide bonds. The van der Waals surface area contributed by atoms with Gasteiger partial charge in [-0.1, -0.05) is 6.92 Å². The monoisotopic (exact) mass is 345 g/mol. The van der Waals surface area contributed by atoms with Crippen molar-refractivity contribution in [1.82, 2.24) is 5.32 Å². The molecule has 0 bridgehead atoms. The van der Waals surface area contributed by atoms with E-state index < -0.39 is 0 Å². The molecule has 0 saturated heterocycles. The van der Waals surface area contributed by atoms with Gasteiger partial charge in [0.15, 0.2) is 11.5 Å². The predicted octanol–water partition coefficient (Wildman–Crippen LogP) is 3.37. The van der Waals surface area contributed by atoms with E-state index in [4.69, 9.17) is 14.2 Å². The summed E-state index contributed by atoms with van der Waals surface area (Å²) in [7, 11) is 3.38. The summed E-state index contributed by atoms with van der Waals surface area (Å²) >= 11 is 3.55. The lowest BCUT2D eigenvalue weighted by atomic mass is 10.2. The van der Waals surface area contributed by atoms with Crippen molar-refractivity contribution in [3.63, 3.8) is 0 Å². The fraction of sp³-hybridized carbons (Fsp3) is 0.600. The van der Waals surface area contributed by atoms with Gasteiger partial charge >= 0.3 is 0 Å². The Labute approximate surface area is 129 Å². The number of nitrogens with one attached hydrogen (secondary N) is 1. The van der Waals surface area contributed by atoms with Gasteiger partial charge in [-0.25, -0.2) is 0 Å². The van der Waals surface area contributed by atoms with Crippen LogP contribution < -0.4 is 14.8 Å². The number of rotatable bonds is 10. The summed E-state index contributed by atoms with van der Waals surface area (Å²) in [5.41, 5.74) is 1.16. The minimum atomic E-state index is 0.684. The van der Waals surface area contributed by atoms with Crippen molar-refractivity contribution in [3.8, 4) is 11.5 Å². The van der Waals surface area contributed by atoms with Crippen LogP contribution in [-0.2, 0) is 11.3 Å². The molecule has 1 aromatic carbocycles. The highest BCUT2D eigenvalue weighted by atomic mass is 79.9. The van der Waals surface area contributed by atoms with Crippen LogP contribution in [0.25, 0.3) is 0 Å². The van der Waals surface area contributed by atoms with Gasteiger partial charge in [0.25, 0.3) is 0 Å². The maximum atomic E-state index is 5.71. The second-order valence-electron chi connectivity index (χ2n) is 4.48. The van der Waals surface area contributed by atoms with Gasteiger partial charge in [0.2, 0.25) is 0 Å². The number of ether oxygens (including phenoxy) is 3. The zero-order chi connectivity index (χ0) is 14.8. The highest BCUT2D eigenvalue weighted by molar-refractivity contribution is 9.10. The smallest absolute Gasteiger partial charge is 0.175 e. The molecule has 0 aliphatic rings. The van der Waals surface area contributed by atoms with E-state index in [1.165, 1.54) is 0 Å². The van der Waals surface area contributed by atoms with E-state index >= 15 is 0 Å². The third-order valence-electron chi connectivity index (χ3n) is 2.77. The zero-order valence-electron chi connectivity index (χ0n) is 12.5. The summed E-state index contributed by atoms with van der Waals surface area (Å²) in [6.45, 7) is 5.28. The average molecular weight is 346 g/mol. The first-order valence-corrected chi connectivity index (χ1v) is 7.71. The van der Waals surface area contributed by atoms with E-state index in [1.54, 1.807) is 14.2 Å². The van der Waals surface area contributed by atoms with Crippen LogP contribution >= 0.6 is 15.9 Å². The fourth-order valence-electron chi connectivity index (χ4n) is 1.79. The molecule has 0 aliphatic carbocycles. The molecule has 5 heteroatoms. The van der Waals surface area contributed by atoms with E-state index in [-0.39, 0.29) is 0 Å². The Morgan fingerprint density at radius 3 is 2.65 bits per heavy atom. The molecule has 0 radical (unpaired) electrons. The summed E-state index contributed by atoms with van der Waals surface area (Å²) in [5, 5.41) is 3.38. The first-order valence-electron chi connectivity index (χ1n) is 6.91. The van der Waals surface area contributed by atoms with E-state index in [9.17, 15) is 0 Å². The first kappa shape index (κ1) is 17.3. The van der Waals surface area contributed by atoms with Gasteiger partial charge in [-0.3, -0.25) is 0 Å². The molecule has 0 fully saturated rings. The van der Waals surface area contributed by atoms with Crippen molar-refractivity contribution in [2.24, 2.45) is 0 Å². The summed E-state index contributed by atoms with van der Waals surface area (Å²) < 4.78 is 17.1. The maximum absolute atomic E-state index is 5.71. The Bertz CT molecular complexity index is 399. The third kappa shape index (κ3) is 5.69. The molecule has 0 atom stereocenters. The standard InChI is InChI=1S/C15H24BrNO3/c1-4-7-20-15-13(16)9-12(10-14(15)19-3)11-17-6-5-8-18-2/h9-10,17H,4-8,11H2,1-3H3. The molecule has 20 heavy (non-hydrogen) atoms. The Hall–Kier alpha value is -0.780. The zero-order valence-corrected chi connectivity index (χ0v) is 14.1. The van der Waals surface area contributed by atoms with Gasteiger partial charge in [0, 0.05) is 20.3 Å². The molecule has 1 aromatic rings. The Balaban J connectivity index is 2.62. The highest BCUT2D eigenvalue weighted by Gasteiger charge is 2.11. The van der Waals surface area contributed by atoms with Crippen LogP contribution in [0.15, 0.2) is 16.6 Å². The van der Waals surface area contributed by atoms with Crippen molar-refractivity contribution in [2.75, 3.05) is 34.0 Å². The lowest BCUT2D eigenvalue weighted by molar-refractivity contribution is 0.194. The maximum Gasteiger partial charge on any atom is 0.175 e. The average Bonchev–Trinajstić information content (AvgIpc) is 2.45. The third-order valence-corrected chi connectivity index (χ3v) is 3.36. The number of hydrogen-bond donors (Lipinski definition) is 1.